The summed E-state index contributed by atoms with van der Waals surface area (Å²) in [6, 6.07) is 6.90. The normalized spacial score (nSPS) is 17.5. The van der Waals surface area contributed by atoms with Crippen LogP contribution in [0.3, 0.4) is 0 Å². The Morgan fingerprint density at radius 1 is 1.33 bits per heavy atom. The molecule has 2 aliphatic rings. The SMILES string of the molecule is CCCC(=O)Nc1ccc2c(c1)CN1C(=S)N(c3cnc(C#N)c(C(F)(F)F)c3)C(=O)C1C2. The lowest BCUT2D eigenvalue weighted by molar-refractivity contribution is -0.138. The van der Waals surface area contributed by atoms with E-state index < -0.39 is 29.4 Å². The molecule has 3 heterocycles. The summed E-state index contributed by atoms with van der Waals surface area (Å²) in [6.07, 6.45) is -2.31. The Hall–Kier alpha value is -3.52. The van der Waals surface area contributed by atoms with Crippen LogP contribution in [0.1, 0.15) is 42.1 Å². The highest BCUT2D eigenvalue weighted by Gasteiger charge is 2.46. The van der Waals surface area contributed by atoms with Gasteiger partial charge in [-0.15, -0.1) is 0 Å². The largest absolute Gasteiger partial charge is 0.419 e. The Morgan fingerprint density at radius 2 is 2.09 bits per heavy atom. The summed E-state index contributed by atoms with van der Waals surface area (Å²) in [6.45, 7) is 2.18. The number of amides is 2. The van der Waals surface area contributed by atoms with E-state index in [0.717, 1.165) is 34.7 Å². The summed E-state index contributed by atoms with van der Waals surface area (Å²) in [5.41, 5.74) is 0.265. The highest BCUT2D eigenvalue weighted by atomic mass is 32.1. The number of nitriles is 1. The van der Waals surface area contributed by atoms with Gasteiger partial charge in [0.1, 0.15) is 12.1 Å². The average molecular weight is 473 g/mol. The number of hydrogen-bond acceptors (Lipinski definition) is 5. The van der Waals surface area contributed by atoms with E-state index in [1.165, 1.54) is 6.07 Å². The number of alkyl halides is 3. The molecule has 7 nitrogen and oxygen atoms in total. The monoisotopic (exact) mass is 473 g/mol. The Kier molecular flexibility index (Phi) is 5.80. The Balaban J connectivity index is 1.63. The van der Waals surface area contributed by atoms with Crippen molar-refractivity contribution in [2.24, 2.45) is 0 Å². The molecule has 170 valence electrons. The number of fused-ring (bicyclic) bond motifs is 2. The maximum atomic E-state index is 13.4. The Bertz CT molecular complexity index is 1210. The van der Waals surface area contributed by atoms with Crippen LogP contribution in [0.15, 0.2) is 30.5 Å². The molecule has 4 rings (SSSR count). The molecule has 1 N–H and O–H groups in total. The fourth-order valence-electron chi connectivity index (χ4n) is 4.02. The molecule has 0 bridgehead atoms. The number of halogens is 3. The van der Waals surface area contributed by atoms with Crippen LogP contribution in [0.25, 0.3) is 0 Å². The minimum absolute atomic E-state index is 0.0655. The topological polar surface area (TPSA) is 89.3 Å². The third kappa shape index (κ3) is 4.14. The maximum absolute atomic E-state index is 13.4. The molecule has 11 heteroatoms. The summed E-state index contributed by atoms with van der Waals surface area (Å²) in [5.74, 6) is -0.552. The van der Waals surface area contributed by atoms with E-state index in [-0.39, 0.29) is 23.3 Å². The lowest BCUT2D eigenvalue weighted by atomic mass is 9.94. The number of pyridine rings is 1. The van der Waals surface area contributed by atoms with Gasteiger partial charge in [-0.2, -0.15) is 18.4 Å². The maximum Gasteiger partial charge on any atom is 0.419 e. The second-order valence-electron chi connectivity index (χ2n) is 7.78. The zero-order valence-electron chi connectivity index (χ0n) is 17.4. The summed E-state index contributed by atoms with van der Waals surface area (Å²) in [4.78, 5) is 31.3. The summed E-state index contributed by atoms with van der Waals surface area (Å²) in [5, 5.41) is 11.9. The molecule has 0 aliphatic carbocycles. The highest BCUT2D eigenvalue weighted by molar-refractivity contribution is 7.80. The van der Waals surface area contributed by atoms with E-state index >= 15 is 0 Å². The van der Waals surface area contributed by atoms with Crippen molar-refractivity contribution >= 4 is 40.5 Å². The van der Waals surface area contributed by atoms with Crippen LogP contribution >= 0.6 is 12.2 Å². The third-order valence-corrected chi connectivity index (χ3v) is 6.00. The van der Waals surface area contributed by atoms with E-state index in [0.29, 0.717) is 18.5 Å². The number of hydrogen-bond donors (Lipinski definition) is 1. The Labute approximate surface area is 192 Å². The first-order valence-corrected chi connectivity index (χ1v) is 10.6. The van der Waals surface area contributed by atoms with Gasteiger partial charge in [0.25, 0.3) is 5.91 Å². The van der Waals surface area contributed by atoms with Crippen LogP contribution in [0, 0.1) is 11.3 Å². The molecule has 33 heavy (non-hydrogen) atoms. The molecule has 1 unspecified atom stereocenters. The summed E-state index contributed by atoms with van der Waals surface area (Å²) in [7, 11) is 0. The van der Waals surface area contributed by atoms with Crippen LogP contribution in [-0.2, 0) is 28.7 Å². The number of anilines is 2. The molecule has 1 fully saturated rings. The standard InChI is InChI=1S/C22H18F3N5O2S/c1-2-3-19(31)28-14-5-4-12-7-18-20(32)30(21(33)29(18)11-13(12)6-14)15-8-16(22(23,24)25)17(9-26)27-10-15/h4-6,8,10,18H,2-3,7,11H2,1H3,(H,28,31). The van der Waals surface area contributed by atoms with E-state index in [4.69, 9.17) is 17.5 Å². The molecule has 2 aromatic rings. The average Bonchev–Trinajstić information content (AvgIpc) is 3.00. The molecule has 0 saturated carbocycles. The molecule has 2 aliphatic heterocycles. The number of aromatic nitrogens is 1. The van der Waals surface area contributed by atoms with Crippen molar-refractivity contribution in [1.82, 2.24) is 9.88 Å². The van der Waals surface area contributed by atoms with Crippen LogP contribution in [0.2, 0.25) is 0 Å². The second kappa shape index (κ2) is 8.44. The second-order valence-corrected chi connectivity index (χ2v) is 8.15. The zero-order chi connectivity index (χ0) is 23.9. The molecular weight excluding hydrogens is 455 g/mol. The van der Waals surface area contributed by atoms with Crippen LogP contribution in [0.4, 0.5) is 24.5 Å². The van der Waals surface area contributed by atoms with Gasteiger partial charge >= 0.3 is 6.18 Å². The fourth-order valence-corrected chi connectivity index (χ4v) is 4.41. The van der Waals surface area contributed by atoms with Crippen molar-refractivity contribution < 1.29 is 22.8 Å². The fraction of sp³-hybridized carbons (Fsp3) is 0.318. The number of nitrogens with zero attached hydrogens (tertiary/aromatic N) is 4. The summed E-state index contributed by atoms with van der Waals surface area (Å²) >= 11 is 5.45. The van der Waals surface area contributed by atoms with Crippen LogP contribution < -0.4 is 10.2 Å². The van der Waals surface area contributed by atoms with E-state index in [9.17, 15) is 22.8 Å². The quantitative estimate of drug-likeness (QED) is 0.680. The van der Waals surface area contributed by atoms with Crippen molar-refractivity contribution in [3.63, 3.8) is 0 Å². The van der Waals surface area contributed by atoms with Gasteiger partial charge in [0.2, 0.25) is 5.91 Å². The minimum Gasteiger partial charge on any atom is -0.332 e. The first-order valence-electron chi connectivity index (χ1n) is 10.2. The van der Waals surface area contributed by atoms with Gasteiger partial charge in [-0.3, -0.25) is 14.5 Å². The van der Waals surface area contributed by atoms with Gasteiger partial charge < -0.3 is 10.2 Å². The molecule has 1 saturated heterocycles. The highest BCUT2D eigenvalue weighted by Crippen LogP contribution is 2.37. The number of thiocarbonyl (C=S) groups is 1. The minimum atomic E-state index is -4.81. The van der Waals surface area contributed by atoms with Gasteiger partial charge in [-0.05, 0) is 48.0 Å². The number of carbonyl (C=O) groups excluding carboxylic acids is 2. The van der Waals surface area contributed by atoms with Crippen molar-refractivity contribution in [2.45, 2.75) is 44.9 Å². The van der Waals surface area contributed by atoms with E-state index in [1.807, 2.05) is 19.1 Å². The first kappa shape index (κ1) is 22.7. The first-order chi connectivity index (χ1) is 15.6. The number of benzene rings is 1. The third-order valence-electron chi connectivity index (χ3n) is 5.58. The Morgan fingerprint density at radius 3 is 2.76 bits per heavy atom. The van der Waals surface area contributed by atoms with Gasteiger partial charge in [0.15, 0.2) is 10.8 Å². The molecule has 2 amide bonds. The molecule has 1 atom stereocenters. The van der Waals surface area contributed by atoms with Gasteiger partial charge in [0, 0.05) is 25.1 Å². The number of nitrogens with one attached hydrogen (secondary N) is 1. The molecule has 1 aromatic carbocycles. The lowest BCUT2D eigenvalue weighted by Gasteiger charge is -2.30. The van der Waals surface area contributed by atoms with E-state index in [1.54, 1.807) is 11.0 Å². The predicted molar refractivity (Wildman–Crippen MR) is 117 cm³/mol. The van der Waals surface area contributed by atoms with Crippen LogP contribution in [-0.4, -0.2) is 32.9 Å². The van der Waals surface area contributed by atoms with Gasteiger partial charge in [-0.25, -0.2) is 4.98 Å². The number of carbonyl (C=O) groups is 2. The van der Waals surface area contributed by atoms with Crippen LogP contribution in [0.5, 0.6) is 0 Å². The van der Waals surface area contributed by atoms with Gasteiger partial charge in [-0.1, -0.05) is 13.0 Å². The van der Waals surface area contributed by atoms with E-state index in [2.05, 4.69) is 10.3 Å². The molecule has 0 spiro atoms. The zero-order valence-corrected chi connectivity index (χ0v) is 18.3. The predicted octanol–water partition coefficient (Wildman–Crippen LogP) is 3.77. The smallest absolute Gasteiger partial charge is 0.332 e. The van der Waals surface area contributed by atoms with Crippen molar-refractivity contribution in [3.05, 3.63) is 52.8 Å². The van der Waals surface area contributed by atoms with Crippen molar-refractivity contribution in [2.75, 3.05) is 10.2 Å². The van der Waals surface area contributed by atoms with Crippen molar-refractivity contribution in [3.8, 4) is 6.07 Å². The van der Waals surface area contributed by atoms with Gasteiger partial charge in [0.05, 0.1) is 17.4 Å². The lowest BCUT2D eigenvalue weighted by Crippen LogP contribution is -2.40. The number of rotatable bonds is 4. The van der Waals surface area contributed by atoms with Crippen molar-refractivity contribution in [1.29, 1.82) is 5.26 Å². The molecule has 1 aromatic heterocycles. The molecule has 0 radical (unpaired) electrons. The molecular formula is C22H18F3N5O2S. The summed E-state index contributed by atoms with van der Waals surface area (Å²) < 4.78 is 40.1.